The second kappa shape index (κ2) is 11.2. The maximum absolute atomic E-state index is 13.1. The lowest BCUT2D eigenvalue weighted by atomic mass is 9.79. The van der Waals surface area contributed by atoms with Gasteiger partial charge in [-0.3, -0.25) is 4.79 Å². The van der Waals surface area contributed by atoms with Gasteiger partial charge in [0.1, 0.15) is 0 Å². The van der Waals surface area contributed by atoms with Crippen LogP contribution in [0.15, 0.2) is 72.8 Å². The number of aliphatic hydroxyl groups is 1. The highest BCUT2D eigenvalue weighted by Crippen LogP contribution is 2.47. The lowest BCUT2D eigenvalue weighted by Crippen LogP contribution is -2.52. The molecule has 4 nitrogen and oxygen atoms in total. The molecule has 1 fully saturated rings. The van der Waals surface area contributed by atoms with Crippen LogP contribution < -0.4 is 10.4 Å². The van der Waals surface area contributed by atoms with Crippen LogP contribution in [0.2, 0.25) is 19.1 Å². The van der Waals surface area contributed by atoms with Gasteiger partial charge in [0.15, 0.2) is 8.07 Å². The Hall–Kier alpha value is -2.00. The molecule has 3 unspecified atom stereocenters. The Morgan fingerprint density at radius 2 is 1.58 bits per heavy atom. The van der Waals surface area contributed by atoms with Gasteiger partial charge in [-0.05, 0) is 39.7 Å². The first-order valence-electron chi connectivity index (χ1n) is 13.1. The summed E-state index contributed by atoms with van der Waals surface area (Å²) in [6.45, 7) is 19.1. The van der Waals surface area contributed by atoms with Crippen LogP contribution in [0.25, 0.3) is 0 Å². The Morgan fingerprint density at radius 1 is 1.08 bits per heavy atom. The monoisotopic (exact) mass is 524 g/mol. The Kier molecular flexibility index (Phi) is 8.87. The fourth-order valence-corrected chi connectivity index (χ4v) is 10.9. The van der Waals surface area contributed by atoms with Gasteiger partial charge >= 0.3 is 0 Å². The normalized spacial score (nSPS) is 21.7. The average molecular weight is 525 g/mol. The van der Waals surface area contributed by atoms with Crippen molar-refractivity contribution in [1.29, 1.82) is 0 Å². The highest BCUT2D eigenvalue weighted by Gasteiger charge is 2.52. The van der Waals surface area contributed by atoms with Crippen molar-refractivity contribution in [1.82, 2.24) is 0 Å². The third-order valence-corrected chi connectivity index (χ3v) is 12.8. The molecule has 2 aromatic carbocycles. The number of ether oxygens (including phenoxy) is 1. The van der Waals surface area contributed by atoms with E-state index in [0.29, 0.717) is 24.3 Å². The van der Waals surface area contributed by atoms with E-state index in [-0.39, 0.29) is 23.0 Å². The second-order valence-corrected chi connectivity index (χ2v) is 19.4. The minimum absolute atomic E-state index is 0.111. The van der Waals surface area contributed by atoms with E-state index in [2.05, 4.69) is 89.7 Å². The molecule has 1 N–H and O–H groups in total. The summed E-state index contributed by atoms with van der Waals surface area (Å²) < 4.78 is 13.0. The molecule has 36 heavy (non-hydrogen) atoms. The smallest absolute Gasteiger partial charge is 0.274 e. The highest BCUT2D eigenvalue weighted by atomic mass is 28.3. The summed E-state index contributed by atoms with van der Waals surface area (Å²) >= 11 is 0. The molecule has 196 valence electrons. The first-order valence-corrected chi connectivity index (χ1v) is 18.0. The molecule has 1 aliphatic rings. The molecule has 0 radical (unpaired) electrons. The Balaban J connectivity index is 1.89. The van der Waals surface area contributed by atoms with Crippen molar-refractivity contribution in [2.75, 3.05) is 0 Å². The number of carbonyl (C=O) groups excluding carboxylic acids is 1. The summed E-state index contributed by atoms with van der Waals surface area (Å²) in [6, 6.07) is 21.7. The molecule has 1 saturated carbocycles. The summed E-state index contributed by atoms with van der Waals surface area (Å²) in [5.74, 6) is -1.34. The summed E-state index contributed by atoms with van der Waals surface area (Å²) in [5, 5.41) is 13.9. The van der Waals surface area contributed by atoms with Crippen molar-refractivity contribution in [3.8, 4) is 0 Å². The van der Waals surface area contributed by atoms with Gasteiger partial charge in [0, 0.05) is 12.3 Å². The molecule has 0 spiro atoms. The van der Waals surface area contributed by atoms with Gasteiger partial charge in [0.05, 0.1) is 6.10 Å². The Labute approximate surface area is 220 Å². The molecule has 6 heteroatoms. The quantitative estimate of drug-likeness (QED) is 0.260. The zero-order chi connectivity index (χ0) is 26.7. The van der Waals surface area contributed by atoms with E-state index in [4.69, 9.17) is 9.16 Å². The van der Waals surface area contributed by atoms with Gasteiger partial charge in [-0.15, -0.1) is 0 Å². The SMILES string of the molecule is C=C1C(C(O[SiH](c2ccccc2)c2ccccc2)C(C)(C)C)CCC1(O)OC(=O)[Si](C)(C)CC(C)C. The summed E-state index contributed by atoms with van der Waals surface area (Å²) in [4.78, 5) is 13.1. The second-order valence-electron chi connectivity index (χ2n) is 12.5. The van der Waals surface area contributed by atoms with E-state index in [9.17, 15) is 9.90 Å². The highest BCUT2D eigenvalue weighted by molar-refractivity contribution is 7.03. The van der Waals surface area contributed by atoms with Crippen molar-refractivity contribution >= 4 is 33.1 Å². The van der Waals surface area contributed by atoms with Gasteiger partial charge < -0.3 is 14.3 Å². The lowest BCUT2D eigenvalue weighted by molar-refractivity contribution is -0.120. The van der Waals surface area contributed by atoms with E-state index in [0.717, 1.165) is 6.04 Å². The number of hydrogen-bond acceptors (Lipinski definition) is 4. The van der Waals surface area contributed by atoms with Crippen LogP contribution in [0.1, 0.15) is 47.5 Å². The fourth-order valence-electron chi connectivity index (χ4n) is 5.48. The van der Waals surface area contributed by atoms with Crippen LogP contribution in [0.5, 0.6) is 0 Å². The Bertz CT molecular complexity index is 990. The fraction of sp³-hybridized carbons (Fsp3) is 0.500. The maximum Gasteiger partial charge on any atom is 0.274 e. The molecule has 0 aromatic heterocycles. The van der Waals surface area contributed by atoms with E-state index in [1.807, 2.05) is 25.2 Å². The van der Waals surface area contributed by atoms with Gasteiger partial charge in [-0.25, -0.2) is 0 Å². The molecule has 0 saturated heterocycles. The summed E-state index contributed by atoms with van der Waals surface area (Å²) in [6.07, 6.45) is 0.838. The third-order valence-electron chi connectivity index (χ3n) is 7.18. The van der Waals surface area contributed by atoms with Crippen LogP contribution in [0, 0.1) is 17.3 Å². The van der Waals surface area contributed by atoms with Crippen LogP contribution in [0.3, 0.4) is 0 Å². The van der Waals surface area contributed by atoms with Crippen molar-refractivity contribution in [3.63, 3.8) is 0 Å². The number of carbonyl (C=O) groups is 1. The molecule has 0 heterocycles. The Morgan fingerprint density at radius 3 is 2.03 bits per heavy atom. The van der Waals surface area contributed by atoms with E-state index < -0.39 is 22.9 Å². The van der Waals surface area contributed by atoms with E-state index in [1.165, 1.54) is 10.4 Å². The van der Waals surface area contributed by atoms with Crippen molar-refractivity contribution < 1.29 is 19.1 Å². The molecule has 0 amide bonds. The topological polar surface area (TPSA) is 55.8 Å². The molecule has 0 bridgehead atoms. The molecule has 1 aliphatic carbocycles. The predicted octanol–water partition coefficient (Wildman–Crippen LogP) is 5.69. The van der Waals surface area contributed by atoms with Crippen molar-refractivity contribution in [2.45, 2.75) is 78.5 Å². The molecule has 3 atom stereocenters. The predicted molar refractivity (Wildman–Crippen MR) is 154 cm³/mol. The zero-order valence-corrected chi connectivity index (χ0v) is 25.2. The van der Waals surface area contributed by atoms with E-state index in [1.54, 1.807) is 0 Å². The molecular weight excluding hydrogens is 480 g/mol. The lowest BCUT2D eigenvalue weighted by Gasteiger charge is -2.39. The van der Waals surface area contributed by atoms with Crippen LogP contribution in [-0.4, -0.2) is 39.7 Å². The minimum atomic E-state index is -2.30. The first-order chi connectivity index (χ1) is 16.7. The van der Waals surface area contributed by atoms with Gasteiger partial charge in [-0.2, -0.15) is 0 Å². The summed E-state index contributed by atoms with van der Waals surface area (Å²) in [7, 11) is -4.33. The van der Waals surface area contributed by atoms with Crippen molar-refractivity contribution in [2.24, 2.45) is 17.3 Å². The van der Waals surface area contributed by atoms with Gasteiger partial charge in [0.25, 0.3) is 5.59 Å². The van der Waals surface area contributed by atoms with Crippen LogP contribution in [-0.2, 0) is 9.16 Å². The standard InChI is InChI=1S/C30H44O4Si2/c1-22(2)21-36(7,8)28(31)33-30(32)20-19-26(23(30)3)27(29(4,5)6)34-35(24-15-11-9-12-16-24)25-17-13-10-14-18-25/h9-18,22,26-27,32,35H,3,19-21H2,1-2,4-8H3. The maximum atomic E-state index is 13.1. The first kappa shape index (κ1) is 28.6. The number of rotatable bonds is 9. The summed E-state index contributed by atoms with van der Waals surface area (Å²) in [5.41, 5.74) is 0.122. The van der Waals surface area contributed by atoms with Gasteiger partial charge in [0.2, 0.25) is 14.8 Å². The number of hydrogen-bond donors (Lipinski definition) is 1. The van der Waals surface area contributed by atoms with Crippen molar-refractivity contribution in [3.05, 3.63) is 72.8 Å². The average Bonchev–Trinajstić information content (AvgIpc) is 3.08. The van der Waals surface area contributed by atoms with E-state index >= 15 is 0 Å². The van der Waals surface area contributed by atoms with Crippen LogP contribution in [0.4, 0.5) is 4.79 Å². The minimum Gasteiger partial charge on any atom is -0.434 e. The zero-order valence-electron chi connectivity index (χ0n) is 23.1. The number of benzene rings is 2. The van der Waals surface area contributed by atoms with Gasteiger partial charge in [-0.1, -0.05) is 115 Å². The molecular formula is C30H44O4Si2. The largest absolute Gasteiger partial charge is 0.434 e. The third kappa shape index (κ3) is 6.65. The molecule has 3 rings (SSSR count). The molecule has 2 aromatic rings. The molecule has 0 aliphatic heterocycles. The van der Waals surface area contributed by atoms with Crippen LogP contribution >= 0.6 is 0 Å².